The molecular weight excluding hydrogens is 288 g/mol. The average Bonchev–Trinajstić information content (AvgIpc) is 2.84. The number of carbonyl (C=O) groups excluding carboxylic acids is 1. The van der Waals surface area contributed by atoms with E-state index in [1.807, 2.05) is 0 Å². The number of nitrogens with zero attached hydrogens (tertiary/aromatic N) is 1. The SMILES string of the molecule is Cl.N[C@H](C(=O)N1CC(F)(F)C(F)(F)C1)C1CCCC1. The number of hydrogen-bond acceptors (Lipinski definition) is 2. The molecule has 8 heteroatoms. The van der Waals surface area contributed by atoms with Crippen molar-refractivity contribution < 1.29 is 22.4 Å². The predicted molar refractivity (Wildman–Crippen MR) is 63.7 cm³/mol. The van der Waals surface area contributed by atoms with Crippen LogP contribution in [0.4, 0.5) is 17.6 Å². The van der Waals surface area contributed by atoms with Gasteiger partial charge >= 0.3 is 11.8 Å². The summed E-state index contributed by atoms with van der Waals surface area (Å²) < 4.78 is 52.0. The minimum Gasteiger partial charge on any atom is -0.329 e. The molecule has 3 nitrogen and oxygen atoms in total. The number of amides is 1. The van der Waals surface area contributed by atoms with Crippen molar-refractivity contribution in [1.29, 1.82) is 0 Å². The predicted octanol–water partition coefficient (Wildman–Crippen LogP) is 2.04. The van der Waals surface area contributed by atoms with Crippen LogP contribution in [0, 0.1) is 5.92 Å². The Morgan fingerprint density at radius 2 is 1.53 bits per heavy atom. The third-order valence-electron chi connectivity index (χ3n) is 3.82. The van der Waals surface area contributed by atoms with E-state index >= 15 is 0 Å². The highest BCUT2D eigenvalue weighted by molar-refractivity contribution is 5.85. The van der Waals surface area contributed by atoms with E-state index in [1.165, 1.54) is 0 Å². The van der Waals surface area contributed by atoms with Crippen LogP contribution in [0.25, 0.3) is 0 Å². The Balaban J connectivity index is 0.00000180. The van der Waals surface area contributed by atoms with Gasteiger partial charge in [-0.25, -0.2) is 0 Å². The van der Waals surface area contributed by atoms with Gasteiger partial charge in [0.2, 0.25) is 5.91 Å². The fraction of sp³-hybridized carbons (Fsp3) is 0.909. The van der Waals surface area contributed by atoms with Crippen LogP contribution in [-0.4, -0.2) is 41.8 Å². The van der Waals surface area contributed by atoms with E-state index in [2.05, 4.69) is 0 Å². The van der Waals surface area contributed by atoms with Crippen molar-refractivity contribution in [3.05, 3.63) is 0 Å². The van der Waals surface area contributed by atoms with Gasteiger partial charge in [0.1, 0.15) is 0 Å². The second kappa shape index (κ2) is 5.44. The second-order valence-electron chi connectivity index (χ2n) is 5.17. The standard InChI is InChI=1S/C11H16F4N2O.ClH/c12-10(13)5-17(6-11(10,14)15)9(18)8(16)7-3-1-2-4-7;/h7-8H,1-6,16H2;1H/t8-;/m0./s1. The molecule has 1 aliphatic carbocycles. The number of rotatable bonds is 2. The zero-order chi connectivity index (χ0) is 13.6. The van der Waals surface area contributed by atoms with Gasteiger partial charge in [-0.15, -0.1) is 12.4 Å². The van der Waals surface area contributed by atoms with Crippen LogP contribution in [0.3, 0.4) is 0 Å². The summed E-state index contributed by atoms with van der Waals surface area (Å²) in [5.41, 5.74) is 5.70. The topological polar surface area (TPSA) is 46.3 Å². The van der Waals surface area contributed by atoms with E-state index in [0.717, 1.165) is 25.7 Å². The molecule has 0 aromatic carbocycles. The molecule has 0 aromatic rings. The highest BCUT2D eigenvalue weighted by atomic mass is 35.5. The van der Waals surface area contributed by atoms with E-state index in [1.54, 1.807) is 0 Å². The monoisotopic (exact) mass is 304 g/mol. The van der Waals surface area contributed by atoms with Crippen molar-refractivity contribution in [2.75, 3.05) is 13.1 Å². The van der Waals surface area contributed by atoms with Crippen molar-refractivity contribution in [2.45, 2.75) is 43.6 Å². The molecule has 19 heavy (non-hydrogen) atoms. The summed E-state index contributed by atoms with van der Waals surface area (Å²) >= 11 is 0. The lowest BCUT2D eigenvalue weighted by Gasteiger charge is -2.23. The summed E-state index contributed by atoms with van der Waals surface area (Å²) in [5.74, 6) is -9.16. The molecule has 112 valence electrons. The van der Waals surface area contributed by atoms with Gasteiger partial charge in [-0.1, -0.05) is 12.8 Å². The molecule has 1 amide bonds. The summed E-state index contributed by atoms with van der Waals surface area (Å²) in [4.78, 5) is 12.3. The van der Waals surface area contributed by atoms with Crippen LogP contribution in [0.2, 0.25) is 0 Å². The van der Waals surface area contributed by atoms with Crippen LogP contribution < -0.4 is 5.73 Å². The molecule has 2 rings (SSSR count). The smallest absolute Gasteiger partial charge is 0.329 e. The number of nitrogens with two attached hydrogens (primary N) is 1. The fourth-order valence-corrected chi connectivity index (χ4v) is 2.65. The van der Waals surface area contributed by atoms with Gasteiger partial charge in [0.25, 0.3) is 0 Å². The van der Waals surface area contributed by atoms with Crippen molar-refractivity contribution in [3.63, 3.8) is 0 Å². The molecular formula is C11H17ClF4N2O. The Kier molecular flexibility index (Phi) is 4.72. The second-order valence-corrected chi connectivity index (χ2v) is 5.17. The van der Waals surface area contributed by atoms with Gasteiger partial charge in [0, 0.05) is 0 Å². The molecule has 1 heterocycles. The van der Waals surface area contributed by atoms with E-state index < -0.39 is 36.9 Å². The largest absolute Gasteiger partial charge is 0.329 e. The molecule has 1 aliphatic heterocycles. The number of carbonyl (C=O) groups is 1. The first kappa shape index (κ1) is 16.5. The number of hydrogen-bond donors (Lipinski definition) is 1. The van der Waals surface area contributed by atoms with E-state index in [4.69, 9.17) is 5.73 Å². The van der Waals surface area contributed by atoms with Crippen molar-refractivity contribution >= 4 is 18.3 Å². The lowest BCUT2D eigenvalue weighted by atomic mass is 9.98. The third kappa shape index (κ3) is 2.97. The van der Waals surface area contributed by atoms with Gasteiger partial charge in [0.15, 0.2) is 0 Å². The van der Waals surface area contributed by atoms with Gasteiger partial charge in [-0.2, -0.15) is 17.6 Å². The minimum atomic E-state index is -4.15. The summed E-state index contributed by atoms with van der Waals surface area (Å²) in [6.07, 6.45) is 3.40. The van der Waals surface area contributed by atoms with E-state index in [9.17, 15) is 22.4 Å². The normalized spacial score (nSPS) is 27.1. The van der Waals surface area contributed by atoms with Crippen molar-refractivity contribution in [3.8, 4) is 0 Å². The zero-order valence-electron chi connectivity index (χ0n) is 10.3. The van der Waals surface area contributed by atoms with Crippen LogP contribution in [0.5, 0.6) is 0 Å². The molecule has 0 unspecified atom stereocenters. The lowest BCUT2D eigenvalue weighted by Crippen LogP contribution is -2.47. The molecule has 0 bridgehead atoms. The van der Waals surface area contributed by atoms with Gasteiger partial charge in [-0.05, 0) is 18.8 Å². The molecule has 0 radical (unpaired) electrons. The third-order valence-corrected chi connectivity index (χ3v) is 3.82. The summed E-state index contributed by atoms with van der Waals surface area (Å²) in [7, 11) is 0. The molecule has 1 saturated heterocycles. The number of halogens is 5. The number of likely N-dealkylation sites (tertiary alicyclic amines) is 1. The van der Waals surface area contributed by atoms with Gasteiger partial charge < -0.3 is 10.6 Å². The average molecular weight is 305 g/mol. The van der Waals surface area contributed by atoms with Crippen molar-refractivity contribution in [2.24, 2.45) is 11.7 Å². The maximum atomic E-state index is 13.0. The maximum absolute atomic E-state index is 13.0. The highest BCUT2D eigenvalue weighted by Crippen LogP contribution is 2.41. The Bertz CT molecular complexity index is 332. The molecule has 2 aliphatic rings. The first-order chi connectivity index (χ1) is 8.24. The molecule has 1 atom stereocenters. The van der Waals surface area contributed by atoms with Crippen molar-refractivity contribution in [1.82, 2.24) is 4.90 Å². The Morgan fingerprint density at radius 1 is 1.11 bits per heavy atom. The molecule has 2 N–H and O–H groups in total. The summed E-state index contributed by atoms with van der Waals surface area (Å²) in [6.45, 7) is -2.47. The van der Waals surface area contributed by atoms with Crippen LogP contribution in [-0.2, 0) is 4.79 Å². The maximum Gasteiger partial charge on any atom is 0.329 e. The molecule has 0 aromatic heterocycles. The van der Waals surface area contributed by atoms with Crippen LogP contribution in [0.15, 0.2) is 0 Å². The Labute approximate surface area is 114 Å². The Morgan fingerprint density at radius 3 is 1.95 bits per heavy atom. The first-order valence-corrected chi connectivity index (χ1v) is 6.05. The van der Waals surface area contributed by atoms with Gasteiger partial charge in [-0.3, -0.25) is 4.79 Å². The highest BCUT2D eigenvalue weighted by Gasteiger charge is 2.64. The Hall–Kier alpha value is -0.560. The fourth-order valence-electron chi connectivity index (χ4n) is 2.65. The molecule has 1 saturated carbocycles. The molecule has 2 fully saturated rings. The summed E-state index contributed by atoms with van der Waals surface area (Å²) in [5, 5.41) is 0. The zero-order valence-corrected chi connectivity index (χ0v) is 11.1. The minimum absolute atomic E-state index is 0. The van der Waals surface area contributed by atoms with E-state index in [0.29, 0.717) is 4.90 Å². The van der Waals surface area contributed by atoms with Crippen LogP contribution >= 0.6 is 12.4 Å². The number of alkyl halides is 4. The molecule has 0 spiro atoms. The summed E-state index contributed by atoms with van der Waals surface area (Å²) in [6, 6.07) is -0.933. The van der Waals surface area contributed by atoms with Gasteiger partial charge in [0.05, 0.1) is 19.1 Å². The van der Waals surface area contributed by atoms with Crippen LogP contribution in [0.1, 0.15) is 25.7 Å². The first-order valence-electron chi connectivity index (χ1n) is 6.05. The lowest BCUT2D eigenvalue weighted by molar-refractivity contribution is -0.172. The quantitative estimate of drug-likeness (QED) is 0.794. The van der Waals surface area contributed by atoms with E-state index in [-0.39, 0.29) is 18.3 Å².